The summed E-state index contributed by atoms with van der Waals surface area (Å²) >= 11 is 0. The van der Waals surface area contributed by atoms with Gasteiger partial charge in [0.2, 0.25) is 5.91 Å². The first-order valence-corrected chi connectivity index (χ1v) is 8.73. The highest BCUT2D eigenvalue weighted by Gasteiger charge is 2.34. The molecule has 2 rings (SSSR count). The lowest BCUT2D eigenvalue weighted by Crippen LogP contribution is -2.46. The van der Waals surface area contributed by atoms with E-state index in [4.69, 9.17) is 14.2 Å². The number of nitrogens with one attached hydrogen (secondary N) is 1. The number of hydrogen-bond acceptors (Lipinski definition) is 7. The van der Waals surface area contributed by atoms with Gasteiger partial charge in [-0.1, -0.05) is 18.9 Å². The zero-order valence-electron chi connectivity index (χ0n) is 15.7. The molecule has 0 radical (unpaired) electrons. The first-order valence-electron chi connectivity index (χ1n) is 8.73. The van der Waals surface area contributed by atoms with Gasteiger partial charge in [0.15, 0.2) is 17.5 Å². The Labute approximate surface area is 157 Å². The van der Waals surface area contributed by atoms with E-state index >= 15 is 0 Å². The molecule has 27 heavy (non-hydrogen) atoms. The number of ether oxygens (including phenoxy) is 3. The Morgan fingerprint density at radius 2 is 1.67 bits per heavy atom. The number of methoxy groups -OCH3 is 3. The smallest absolute Gasteiger partial charge is 0.333 e. The van der Waals surface area contributed by atoms with E-state index in [-0.39, 0.29) is 0 Å². The van der Waals surface area contributed by atoms with Crippen molar-refractivity contribution in [2.24, 2.45) is 11.8 Å². The van der Waals surface area contributed by atoms with Gasteiger partial charge in [0, 0.05) is 17.8 Å². The van der Waals surface area contributed by atoms with Crippen LogP contribution < -0.4 is 19.9 Å². The molecule has 148 valence electrons. The Morgan fingerprint density at radius 1 is 1.04 bits per heavy atom. The summed E-state index contributed by atoms with van der Waals surface area (Å²) < 4.78 is 15.2. The van der Waals surface area contributed by atoms with Crippen LogP contribution in [0.15, 0.2) is 18.2 Å². The molecule has 0 bridgehead atoms. The first kappa shape index (κ1) is 20.5. The van der Waals surface area contributed by atoms with Gasteiger partial charge in [-0.05, 0) is 30.5 Å². The van der Waals surface area contributed by atoms with E-state index in [1.807, 2.05) is 0 Å². The van der Waals surface area contributed by atoms with E-state index < -0.39 is 35.7 Å². The maximum Gasteiger partial charge on any atom is 0.333 e. The maximum atomic E-state index is 12.7. The molecule has 1 saturated carbocycles. The number of carbonyl (C=O) groups excluding carboxylic acids is 3. The lowest BCUT2D eigenvalue weighted by Gasteiger charge is -2.32. The Balaban J connectivity index is 2.28. The van der Waals surface area contributed by atoms with Crippen LogP contribution in [-0.4, -0.2) is 39.2 Å². The second-order valence-corrected chi connectivity index (χ2v) is 6.40. The monoisotopic (exact) mass is 378 g/mol. The van der Waals surface area contributed by atoms with E-state index in [9.17, 15) is 19.5 Å². The lowest BCUT2D eigenvalue weighted by molar-refractivity contribution is -0.314. The Hall–Kier alpha value is -2.77. The number of carbonyl (C=O) groups is 3. The molecule has 1 amide bonds. The van der Waals surface area contributed by atoms with Crippen molar-refractivity contribution in [1.82, 2.24) is 5.32 Å². The van der Waals surface area contributed by atoms with Crippen molar-refractivity contribution in [2.45, 2.75) is 31.7 Å². The third-order valence-electron chi connectivity index (χ3n) is 4.87. The number of rotatable bonds is 7. The predicted molar refractivity (Wildman–Crippen MR) is 92.9 cm³/mol. The summed E-state index contributed by atoms with van der Waals surface area (Å²) in [4.78, 5) is 36.3. The Bertz CT molecular complexity index is 703. The molecule has 1 N–H and O–H groups in total. The van der Waals surface area contributed by atoms with Crippen molar-refractivity contribution in [3.63, 3.8) is 0 Å². The van der Waals surface area contributed by atoms with Gasteiger partial charge in [-0.2, -0.15) is 0 Å². The summed E-state index contributed by atoms with van der Waals surface area (Å²) in [5.41, 5.74) is 0.439. The van der Waals surface area contributed by atoms with Crippen LogP contribution in [0, 0.1) is 11.8 Å². The molecule has 0 heterocycles. The number of carboxylic acids is 1. The van der Waals surface area contributed by atoms with Crippen LogP contribution in [0.25, 0.3) is 0 Å². The number of carboxylic acid groups (broad SMARTS) is 1. The normalized spacial score (nSPS) is 20.3. The first-order chi connectivity index (χ1) is 12.9. The lowest BCUT2D eigenvalue weighted by atomic mass is 9.78. The minimum Gasteiger partial charge on any atom is -0.550 e. The van der Waals surface area contributed by atoms with Crippen LogP contribution in [0.2, 0.25) is 0 Å². The molecule has 1 aliphatic rings. The molecule has 8 nitrogen and oxygen atoms in total. The summed E-state index contributed by atoms with van der Waals surface area (Å²) in [5.74, 6) is -3.15. The van der Waals surface area contributed by atoms with Crippen LogP contribution >= 0.6 is 0 Å². The minimum atomic E-state index is -1.24. The van der Waals surface area contributed by atoms with Crippen molar-refractivity contribution in [3.8, 4) is 11.5 Å². The second kappa shape index (κ2) is 9.25. The molecule has 3 atom stereocenters. The standard InChI is InChI=1S/C19H25NO7/c1-25-14-9-8-11(10-15(14)26-2)16(19(24)27-3)20-17(21)12-6-4-5-7-13(12)18(22)23/h8-10,12-13,16H,4-7H2,1-3H3,(H,20,21)(H,22,23)/p-1/t12-,13+,16-/m1/s1. The van der Waals surface area contributed by atoms with E-state index in [1.54, 1.807) is 18.2 Å². The number of amides is 1. The largest absolute Gasteiger partial charge is 0.550 e. The third-order valence-corrected chi connectivity index (χ3v) is 4.87. The van der Waals surface area contributed by atoms with Gasteiger partial charge in [-0.3, -0.25) is 4.79 Å². The molecular formula is C19H24NO7-. The van der Waals surface area contributed by atoms with E-state index in [2.05, 4.69) is 5.32 Å². The topological polar surface area (TPSA) is 114 Å². The number of benzene rings is 1. The fourth-order valence-electron chi connectivity index (χ4n) is 3.40. The van der Waals surface area contributed by atoms with E-state index in [1.165, 1.54) is 21.3 Å². The molecule has 1 aromatic rings. The highest BCUT2D eigenvalue weighted by atomic mass is 16.5. The molecule has 0 unspecified atom stereocenters. The number of aliphatic carboxylic acids is 1. The zero-order valence-corrected chi connectivity index (χ0v) is 15.7. The maximum absolute atomic E-state index is 12.7. The molecule has 1 aliphatic carbocycles. The van der Waals surface area contributed by atoms with Crippen molar-refractivity contribution in [3.05, 3.63) is 23.8 Å². The highest BCUT2D eigenvalue weighted by molar-refractivity contribution is 5.89. The van der Waals surface area contributed by atoms with Crippen LogP contribution in [0.5, 0.6) is 11.5 Å². The molecule has 1 aromatic carbocycles. The molecule has 0 spiro atoms. The van der Waals surface area contributed by atoms with Gasteiger partial charge < -0.3 is 29.4 Å². The fourth-order valence-corrected chi connectivity index (χ4v) is 3.40. The fraction of sp³-hybridized carbons (Fsp3) is 0.526. The van der Waals surface area contributed by atoms with Gasteiger partial charge in [-0.15, -0.1) is 0 Å². The van der Waals surface area contributed by atoms with Gasteiger partial charge in [0.05, 0.1) is 21.3 Å². The minimum absolute atomic E-state index is 0.389. The summed E-state index contributed by atoms with van der Waals surface area (Å²) in [5, 5.41) is 14.0. The van der Waals surface area contributed by atoms with Crippen LogP contribution in [0.3, 0.4) is 0 Å². The average Bonchev–Trinajstić information content (AvgIpc) is 2.70. The molecular weight excluding hydrogens is 354 g/mol. The average molecular weight is 378 g/mol. The van der Waals surface area contributed by atoms with Crippen molar-refractivity contribution < 1.29 is 33.7 Å². The van der Waals surface area contributed by atoms with E-state index in [0.29, 0.717) is 29.9 Å². The number of esters is 1. The molecule has 0 saturated heterocycles. The predicted octanol–water partition coefficient (Wildman–Crippen LogP) is 0.590. The van der Waals surface area contributed by atoms with Gasteiger partial charge in [0.1, 0.15) is 0 Å². The van der Waals surface area contributed by atoms with Crippen LogP contribution in [0.4, 0.5) is 0 Å². The SMILES string of the molecule is COC(=O)[C@H](NC(=O)[C@@H]1CCCC[C@@H]1C(=O)[O-])c1ccc(OC)c(OC)c1. The summed E-state index contributed by atoms with van der Waals surface area (Å²) in [6.07, 6.45) is 2.31. The summed E-state index contributed by atoms with van der Waals surface area (Å²) in [6, 6.07) is 3.70. The zero-order chi connectivity index (χ0) is 20.0. The molecule has 0 aliphatic heterocycles. The Morgan fingerprint density at radius 3 is 2.22 bits per heavy atom. The van der Waals surface area contributed by atoms with Crippen molar-refractivity contribution in [1.29, 1.82) is 0 Å². The number of hydrogen-bond donors (Lipinski definition) is 1. The van der Waals surface area contributed by atoms with Gasteiger partial charge in [-0.25, -0.2) is 4.79 Å². The second-order valence-electron chi connectivity index (χ2n) is 6.40. The Kier molecular flexibility index (Phi) is 7.04. The third kappa shape index (κ3) is 4.69. The van der Waals surface area contributed by atoms with Crippen LogP contribution in [0.1, 0.15) is 37.3 Å². The van der Waals surface area contributed by atoms with Crippen molar-refractivity contribution in [2.75, 3.05) is 21.3 Å². The van der Waals surface area contributed by atoms with E-state index in [0.717, 1.165) is 12.8 Å². The molecule has 1 fully saturated rings. The highest BCUT2D eigenvalue weighted by Crippen LogP contribution is 2.33. The van der Waals surface area contributed by atoms with Crippen molar-refractivity contribution >= 4 is 17.8 Å². The van der Waals surface area contributed by atoms with Gasteiger partial charge in [0.25, 0.3) is 0 Å². The summed E-state index contributed by atoms with van der Waals surface area (Å²) in [7, 11) is 4.16. The quantitative estimate of drug-likeness (QED) is 0.691. The van der Waals surface area contributed by atoms with Gasteiger partial charge >= 0.3 is 5.97 Å². The van der Waals surface area contributed by atoms with Crippen LogP contribution in [-0.2, 0) is 19.1 Å². The molecule has 8 heteroatoms. The summed E-state index contributed by atoms with van der Waals surface area (Å²) in [6.45, 7) is 0. The molecule has 0 aromatic heterocycles.